The molecule has 0 atom stereocenters. The van der Waals surface area contributed by atoms with Gasteiger partial charge in [0, 0.05) is 12.7 Å². The molecule has 104 valence electrons. The molecule has 0 bridgehead atoms. The normalized spacial score (nSPS) is 11.4. The Bertz CT molecular complexity index is 643. The average Bonchev–Trinajstić information content (AvgIpc) is 2.46. The molecule has 0 aliphatic carbocycles. The Hall–Kier alpha value is -2.27. The molecule has 0 amide bonds. The van der Waals surface area contributed by atoms with Crippen LogP contribution in [-0.4, -0.2) is 18.1 Å². The van der Waals surface area contributed by atoms with Crippen LogP contribution >= 0.6 is 11.6 Å². The lowest BCUT2D eigenvalue weighted by Crippen LogP contribution is -2.20. The highest BCUT2D eigenvalue weighted by molar-refractivity contribution is 6.35. The second-order valence-corrected chi connectivity index (χ2v) is 4.56. The minimum atomic E-state index is -0.315. The standard InChI is InChI=1S/C14H13ClFN3O/c1-19(10-7-5-9(16)6-8-10)12-4-2-3-11(15)13(12)14(17)18-20/h2-8,20H,1H3,(H2,17,18). The van der Waals surface area contributed by atoms with Crippen LogP contribution in [0, 0.1) is 5.82 Å². The van der Waals surface area contributed by atoms with Gasteiger partial charge in [-0.05, 0) is 36.4 Å². The third-order valence-electron chi connectivity index (χ3n) is 2.93. The lowest BCUT2D eigenvalue weighted by molar-refractivity contribution is 0.318. The number of hydrogen-bond acceptors (Lipinski definition) is 3. The van der Waals surface area contributed by atoms with Crippen molar-refractivity contribution < 1.29 is 9.60 Å². The predicted octanol–water partition coefficient (Wildman–Crippen LogP) is 3.34. The number of nitrogens with zero attached hydrogens (tertiary/aromatic N) is 2. The van der Waals surface area contributed by atoms with Crippen LogP contribution in [0.5, 0.6) is 0 Å². The maximum atomic E-state index is 13.0. The van der Waals surface area contributed by atoms with Crippen LogP contribution in [-0.2, 0) is 0 Å². The third kappa shape index (κ3) is 2.67. The van der Waals surface area contributed by atoms with E-state index in [9.17, 15) is 4.39 Å². The first kappa shape index (κ1) is 14.1. The van der Waals surface area contributed by atoms with Crippen molar-refractivity contribution >= 4 is 28.8 Å². The largest absolute Gasteiger partial charge is 0.409 e. The molecule has 0 fully saturated rings. The number of hydrogen-bond donors (Lipinski definition) is 2. The van der Waals surface area contributed by atoms with Crippen LogP contribution in [0.3, 0.4) is 0 Å². The maximum Gasteiger partial charge on any atom is 0.173 e. The summed E-state index contributed by atoms with van der Waals surface area (Å²) in [6, 6.07) is 11.2. The Balaban J connectivity index is 2.52. The molecule has 2 aromatic rings. The highest BCUT2D eigenvalue weighted by atomic mass is 35.5. The van der Waals surface area contributed by atoms with Gasteiger partial charge in [-0.3, -0.25) is 0 Å². The Morgan fingerprint density at radius 1 is 1.25 bits per heavy atom. The Labute approximate surface area is 120 Å². The molecule has 0 aliphatic heterocycles. The molecule has 4 nitrogen and oxygen atoms in total. The van der Waals surface area contributed by atoms with E-state index in [0.29, 0.717) is 16.3 Å². The fourth-order valence-corrected chi connectivity index (χ4v) is 2.17. The smallest absolute Gasteiger partial charge is 0.173 e. The second-order valence-electron chi connectivity index (χ2n) is 4.15. The fraction of sp³-hybridized carbons (Fsp3) is 0.0714. The molecule has 0 heterocycles. The monoisotopic (exact) mass is 293 g/mol. The molecule has 2 aromatic carbocycles. The summed E-state index contributed by atoms with van der Waals surface area (Å²) in [5.41, 5.74) is 7.49. The summed E-state index contributed by atoms with van der Waals surface area (Å²) in [5, 5.41) is 12.2. The van der Waals surface area contributed by atoms with Gasteiger partial charge >= 0.3 is 0 Å². The van der Waals surface area contributed by atoms with E-state index in [1.165, 1.54) is 12.1 Å². The first-order chi connectivity index (χ1) is 9.54. The molecule has 3 N–H and O–H groups in total. The highest BCUT2D eigenvalue weighted by Gasteiger charge is 2.15. The van der Waals surface area contributed by atoms with Crippen LogP contribution in [0.1, 0.15) is 5.56 Å². The molecule has 0 spiro atoms. The molecule has 0 radical (unpaired) electrons. The zero-order valence-corrected chi connectivity index (χ0v) is 11.5. The number of anilines is 2. The summed E-state index contributed by atoms with van der Waals surface area (Å²) < 4.78 is 13.0. The molecular formula is C14H13ClFN3O. The summed E-state index contributed by atoms with van der Waals surface area (Å²) in [5.74, 6) is -0.399. The van der Waals surface area contributed by atoms with E-state index in [1.54, 1.807) is 42.3 Å². The maximum absolute atomic E-state index is 13.0. The van der Waals surface area contributed by atoms with Crippen molar-refractivity contribution in [1.29, 1.82) is 0 Å². The Kier molecular flexibility index (Phi) is 4.10. The Morgan fingerprint density at radius 3 is 2.50 bits per heavy atom. The van der Waals surface area contributed by atoms with E-state index >= 15 is 0 Å². The van der Waals surface area contributed by atoms with Gasteiger partial charge in [0.25, 0.3) is 0 Å². The van der Waals surface area contributed by atoms with Crippen molar-refractivity contribution in [2.75, 3.05) is 11.9 Å². The van der Waals surface area contributed by atoms with Crippen LogP contribution < -0.4 is 10.6 Å². The lowest BCUT2D eigenvalue weighted by atomic mass is 10.1. The zero-order valence-electron chi connectivity index (χ0n) is 10.7. The van der Waals surface area contributed by atoms with Crippen molar-refractivity contribution in [2.24, 2.45) is 10.9 Å². The van der Waals surface area contributed by atoms with Crippen molar-refractivity contribution in [2.45, 2.75) is 0 Å². The molecular weight excluding hydrogens is 281 g/mol. The number of benzene rings is 2. The van der Waals surface area contributed by atoms with E-state index in [2.05, 4.69) is 5.16 Å². The number of amidine groups is 1. The number of oxime groups is 1. The molecule has 6 heteroatoms. The lowest BCUT2D eigenvalue weighted by Gasteiger charge is -2.22. The zero-order chi connectivity index (χ0) is 14.7. The minimum Gasteiger partial charge on any atom is -0.409 e. The summed E-state index contributed by atoms with van der Waals surface area (Å²) in [6.07, 6.45) is 0. The van der Waals surface area contributed by atoms with Crippen LogP contribution in [0.4, 0.5) is 15.8 Å². The van der Waals surface area contributed by atoms with Crippen LogP contribution in [0.25, 0.3) is 0 Å². The van der Waals surface area contributed by atoms with Gasteiger partial charge in [0.05, 0.1) is 16.3 Å². The second kappa shape index (κ2) is 5.79. The third-order valence-corrected chi connectivity index (χ3v) is 3.25. The van der Waals surface area contributed by atoms with Crippen molar-refractivity contribution in [3.8, 4) is 0 Å². The molecule has 2 rings (SSSR count). The summed E-state index contributed by atoms with van der Waals surface area (Å²) in [6.45, 7) is 0. The average molecular weight is 294 g/mol. The van der Waals surface area contributed by atoms with E-state index in [-0.39, 0.29) is 11.7 Å². The van der Waals surface area contributed by atoms with E-state index < -0.39 is 0 Å². The van der Waals surface area contributed by atoms with Gasteiger partial charge in [-0.1, -0.05) is 22.8 Å². The number of halogens is 2. The van der Waals surface area contributed by atoms with E-state index in [1.807, 2.05) is 0 Å². The Morgan fingerprint density at radius 2 is 1.90 bits per heavy atom. The molecule has 0 aliphatic rings. The fourth-order valence-electron chi connectivity index (χ4n) is 1.90. The summed E-state index contributed by atoms with van der Waals surface area (Å²) in [7, 11) is 1.78. The van der Waals surface area contributed by atoms with E-state index in [4.69, 9.17) is 22.5 Å². The van der Waals surface area contributed by atoms with E-state index in [0.717, 1.165) is 5.69 Å². The quantitative estimate of drug-likeness (QED) is 0.395. The first-order valence-corrected chi connectivity index (χ1v) is 6.18. The van der Waals surface area contributed by atoms with Gasteiger partial charge in [-0.25, -0.2) is 4.39 Å². The summed E-state index contributed by atoms with van der Waals surface area (Å²) >= 11 is 6.10. The number of nitrogens with two attached hydrogens (primary N) is 1. The highest BCUT2D eigenvalue weighted by Crippen LogP contribution is 2.31. The van der Waals surface area contributed by atoms with Crippen molar-refractivity contribution in [1.82, 2.24) is 0 Å². The predicted molar refractivity (Wildman–Crippen MR) is 78.4 cm³/mol. The van der Waals surface area contributed by atoms with Crippen LogP contribution in [0.2, 0.25) is 5.02 Å². The van der Waals surface area contributed by atoms with Gasteiger partial charge in [-0.2, -0.15) is 0 Å². The minimum absolute atomic E-state index is 0.0837. The van der Waals surface area contributed by atoms with Gasteiger partial charge in [-0.15, -0.1) is 0 Å². The molecule has 0 unspecified atom stereocenters. The SMILES string of the molecule is CN(c1ccc(F)cc1)c1cccc(Cl)c1C(N)=NO. The first-order valence-electron chi connectivity index (χ1n) is 5.80. The van der Waals surface area contributed by atoms with Crippen LogP contribution in [0.15, 0.2) is 47.6 Å². The summed E-state index contributed by atoms with van der Waals surface area (Å²) in [4.78, 5) is 1.78. The molecule has 0 saturated heterocycles. The van der Waals surface area contributed by atoms with Gasteiger partial charge in [0.15, 0.2) is 5.84 Å². The number of rotatable bonds is 3. The van der Waals surface area contributed by atoms with Gasteiger partial charge < -0.3 is 15.8 Å². The molecule has 0 saturated carbocycles. The van der Waals surface area contributed by atoms with Crippen molar-refractivity contribution in [3.63, 3.8) is 0 Å². The molecule has 20 heavy (non-hydrogen) atoms. The topological polar surface area (TPSA) is 61.8 Å². The van der Waals surface area contributed by atoms with Gasteiger partial charge in [0.1, 0.15) is 5.82 Å². The molecule has 0 aromatic heterocycles. The van der Waals surface area contributed by atoms with Crippen molar-refractivity contribution in [3.05, 3.63) is 58.9 Å². The van der Waals surface area contributed by atoms with Gasteiger partial charge in [0.2, 0.25) is 0 Å².